The Morgan fingerprint density at radius 1 is 1.21 bits per heavy atom. The smallest absolute Gasteiger partial charge is 0.430 e. The van der Waals surface area contributed by atoms with E-state index in [1.165, 1.54) is 13.0 Å². The summed E-state index contributed by atoms with van der Waals surface area (Å²) in [5.41, 5.74) is 4.96. The molecule has 1 aliphatic heterocycles. The molecule has 0 radical (unpaired) electrons. The molecule has 0 saturated carbocycles. The number of ether oxygens (including phenoxy) is 1. The molecule has 13 heteroatoms. The van der Waals surface area contributed by atoms with Crippen LogP contribution in [0.4, 0.5) is 13.2 Å². The number of aliphatic carboxylic acids is 2. The van der Waals surface area contributed by atoms with Crippen LogP contribution in [0.2, 0.25) is 0 Å². The molecule has 0 unspecified atom stereocenters. The zero-order valence-corrected chi connectivity index (χ0v) is 18.5. The quantitative estimate of drug-likeness (QED) is 0.436. The maximum absolute atomic E-state index is 13.1. The molecule has 10 nitrogen and oxygen atoms in total. The van der Waals surface area contributed by atoms with Crippen molar-refractivity contribution in [3.05, 3.63) is 47.7 Å². The van der Waals surface area contributed by atoms with E-state index in [4.69, 9.17) is 14.6 Å². The Labute approximate surface area is 193 Å². The summed E-state index contributed by atoms with van der Waals surface area (Å²) >= 11 is 0. The predicted octanol–water partition coefficient (Wildman–Crippen LogP) is -1.14. The van der Waals surface area contributed by atoms with Crippen molar-refractivity contribution in [1.82, 2.24) is 10.2 Å². The number of quaternary nitrogens is 1. The molecule has 3 atom stereocenters. The Balaban J connectivity index is 0.000000718. The molecular formula is C21H26F3N3O7. The number of hydrogen-bond donors (Lipinski definition) is 3. The van der Waals surface area contributed by atoms with Crippen molar-refractivity contribution in [2.24, 2.45) is 0 Å². The number of likely N-dealkylation sites (N-methyl/N-ethyl adjacent to an activating group) is 1. The van der Waals surface area contributed by atoms with Crippen molar-refractivity contribution in [3.8, 4) is 0 Å². The maximum Gasteiger partial charge on any atom is 0.430 e. The maximum atomic E-state index is 13.1. The number of nitrogens with zero attached hydrogens (tertiary/aromatic N) is 1. The summed E-state index contributed by atoms with van der Waals surface area (Å²) in [5, 5.41) is 20.7. The minimum atomic E-state index is -5.19. The minimum Gasteiger partial charge on any atom is -0.542 e. The summed E-state index contributed by atoms with van der Waals surface area (Å²) in [6, 6.07) is 8.41. The van der Waals surface area contributed by atoms with Crippen molar-refractivity contribution < 1.29 is 53.0 Å². The number of carboxylic acids is 2. The Kier molecular flexibility index (Phi) is 10.5. The molecule has 34 heavy (non-hydrogen) atoms. The van der Waals surface area contributed by atoms with Gasteiger partial charge in [0, 0.05) is 26.1 Å². The lowest BCUT2D eigenvalue weighted by Crippen LogP contribution is -2.74. The van der Waals surface area contributed by atoms with Gasteiger partial charge in [-0.15, -0.1) is 0 Å². The standard InChI is InChI=1S/C19H25N3O5.C2HF3O2/c1-3-22(10-9-13-7-5-4-6-8-13)18(24)17-16(21-12(2)23)14(20)11-15(27-17)19(25)26;3-2(4,5)1(6)7/h4-8,11,14,16-17H,3,9-10,20H2,1-2H3,(H,21,23)(H,25,26);(H,6,7)/t14-,16+,17+;/m0./s1. The summed E-state index contributed by atoms with van der Waals surface area (Å²) in [7, 11) is 0. The second-order valence-corrected chi connectivity index (χ2v) is 7.20. The molecule has 188 valence electrons. The fourth-order valence-electron chi connectivity index (χ4n) is 3.03. The van der Waals surface area contributed by atoms with Crippen LogP contribution in [0.25, 0.3) is 0 Å². The molecule has 2 rings (SSSR count). The normalized spacial score (nSPS) is 19.5. The summed E-state index contributed by atoms with van der Waals surface area (Å²) < 4.78 is 37.0. The van der Waals surface area contributed by atoms with E-state index in [-0.39, 0.29) is 17.6 Å². The topological polar surface area (TPSA) is 164 Å². The van der Waals surface area contributed by atoms with E-state index in [2.05, 4.69) is 11.1 Å². The summed E-state index contributed by atoms with van der Waals surface area (Å²) in [6.45, 7) is 4.07. The monoisotopic (exact) mass is 489 g/mol. The number of carboxylic acid groups (broad SMARTS) is 2. The number of nitrogens with one attached hydrogen (secondary N) is 1. The van der Waals surface area contributed by atoms with Crippen LogP contribution < -0.4 is 16.2 Å². The van der Waals surface area contributed by atoms with Crippen LogP contribution in [0, 0.1) is 0 Å². The fraction of sp³-hybridized carbons (Fsp3) is 0.429. The van der Waals surface area contributed by atoms with Crippen LogP contribution in [-0.4, -0.2) is 71.2 Å². The molecule has 1 aromatic rings. The first-order valence-electron chi connectivity index (χ1n) is 10.1. The van der Waals surface area contributed by atoms with Crippen molar-refractivity contribution >= 4 is 23.8 Å². The van der Waals surface area contributed by atoms with Crippen molar-refractivity contribution in [1.29, 1.82) is 0 Å². The predicted molar refractivity (Wildman–Crippen MR) is 108 cm³/mol. The first kappa shape index (κ1) is 28.4. The number of carbonyl (C=O) groups excluding carboxylic acids is 3. The van der Waals surface area contributed by atoms with Gasteiger partial charge in [0.15, 0.2) is 0 Å². The molecule has 1 aromatic carbocycles. The number of amides is 2. The highest BCUT2D eigenvalue weighted by atomic mass is 19.4. The van der Waals surface area contributed by atoms with E-state index < -0.39 is 36.3 Å². The average Bonchev–Trinajstić information content (AvgIpc) is 2.75. The molecule has 0 aliphatic carbocycles. The van der Waals surface area contributed by atoms with Crippen LogP contribution >= 0.6 is 0 Å². The van der Waals surface area contributed by atoms with Crippen molar-refractivity contribution in [2.45, 2.75) is 44.6 Å². The second-order valence-electron chi connectivity index (χ2n) is 7.20. The number of alkyl halides is 3. The minimum absolute atomic E-state index is 0.325. The van der Waals surface area contributed by atoms with Gasteiger partial charge >= 0.3 is 12.1 Å². The zero-order valence-electron chi connectivity index (χ0n) is 18.5. The molecule has 0 aromatic heterocycles. The number of halogens is 3. The zero-order chi connectivity index (χ0) is 26.1. The van der Waals surface area contributed by atoms with Crippen molar-refractivity contribution in [3.63, 3.8) is 0 Å². The van der Waals surface area contributed by atoms with Gasteiger partial charge in [0.05, 0.1) is 0 Å². The van der Waals surface area contributed by atoms with E-state index in [1.807, 2.05) is 37.3 Å². The number of benzene rings is 1. The molecular weight excluding hydrogens is 463 g/mol. The molecule has 0 fully saturated rings. The average molecular weight is 489 g/mol. The fourth-order valence-corrected chi connectivity index (χ4v) is 3.03. The first-order chi connectivity index (χ1) is 15.8. The molecule has 1 aliphatic rings. The Morgan fingerprint density at radius 2 is 1.76 bits per heavy atom. The third-order valence-electron chi connectivity index (χ3n) is 4.67. The van der Waals surface area contributed by atoms with Crippen molar-refractivity contribution in [2.75, 3.05) is 13.1 Å². The van der Waals surface area contributed by atoms with Gasteiger partial charge in [-0.25, -0.2) is 4.79 Å². The van der Waals surface area contributed by atoms with Crippen LogP contribution in [0.3, 0.4) is 0 Å². The number of carbonyl (C=O) groups is 4. The Bertz CT molecular complexity index is 907. The number of rotatable bonds is 7. The molecule has 5 N–H and O–H groups in total. The summed E-state index contributed by atoms with van der Waals surface area (Å²) in [5.74, 6) is -5.31. The van der Waals surface area contributed by atoms with Gasteiger partial charge in [-0.3, -0.25) is 9.59 Å². The molecule has 1 heterocycles. The lowest BCUT2D eigenvalue weighted by Gasteiger charge is -2.35. The molecule has 2 amide bonds. The third-order valence-corrected chi connectivity index (χ3v) is 4.67. The largest absolute Gasteiger partial charge is 0.542 e. The van der Waals surface area contributed by atoms with E-state index in [0.29, 0.717) is 19.5 Å². The van der Waals surface area contributed by atoms with Gasteiger partial charge in [-0.2, -0.15) is 13.2 Å². The highest BCUT2D eigenvalue weighted by molar-refractivity contribution is 5.88. The van der Waals surface area contributed by atoms with Gasteiger partial charge in [0.1, 0.15) is 18.1 Å². The lowest BCUT2D eigenvalue weighted by molar-refractivity contribution is -0.414. The molecule has 0 spiro atoms. The van der Waals surface area contributed by atoms with Gasteiger partial charge in [0.2, 0.25) is 17.8 Å². The Morgan fingerprint density at radius 3 is 2.21 bits per heavy atom. The first-order valence-corrected chi connectivity index (χ1v) is 10.1. The molecule has 0 bridgehead atoms. The molecule has 0 saturated heterocycles. The van der Waals surface area contributed by atoms with Gasteiger partial charge in [-0.05, 0) is 18.9 Å². The van der Waals surface area contributed by atoms with Crippen LogP contribution in [0.15, 0.2) is 42.2 Å². The number of hydrogen-bond acceptors (Lipinski definition) is 6. The third kappa shape index (κ3) is 8.73. The van der Waals surface area contributed by atoms with E-state index >= 15 is 0 Å². The van der Waals surface area contributed by atoms with Crippen LogP contribution in [-0.2, 0) is 30.3 Å². The lowest BCUT2D eigenvalue weighted by atomic mass is 9.97. The van der Waals surface area contributed by atoms with Gasteiger partial charge < -0.3 is 35.7 Å². The summed E-state index contributed by atoms with van der Waals surface area (Å²) in [4.78, 5) is 46.3. The highest BCUT2D eigenvalue weighted by Gasteiger charge is 2.43. The van der Waals surface area contributed by atoms with E-state index in [1.54, 1.807) is 4.90 Å². The summed E-state index contributed by atoms with van der Waals surface area (Å²) in [6.07, 6.45) is -4.36. The van der Waals surface area contributed by atoms with Crippen LogP contribution in [0.1, 0.15) is 19.4 Å². The van der Waals surface area contributed by atoms with E-state index in [0.717, 1.165) is 5.56 Å². The SMILES string of the molecule is CCN(CCc1ccccc1)C(=O)[C@@H]1OC(C(=O)O)=C[C@H]([NH3+])[C@H]1NC(C)=O.O=C([O-])C(F)(F)F. The van der Waals surface area contributed by atoms with Gasteiger partial charge in [-0.1, -0.05) is 30.3 Å². The Hall–Kier alpha value is -3.61. The highest BCUT2D eigenvalue weighted by Crippen LogP contribution is 2.19. The second kappa shape index (κ2) is 12.6. The van der Waals surface area contributed by atoms with Gasteiger partial charge in [0.25, 0.3) is 5.91 Å². The van der Waals surface area contributed by atoms with E-state index in [9.17, 15) is 32.7 Å². The van der Waals surface area contributed by atoms with Crippen LogP contribution in [0.5, 0.6) is 0 Å².